The second-order valence-electron chi connectivity index (χ2n) is 14.6. The minimum Gasteiger partial charge on any atom is -0.456 e. The highest BCUT2D eigenvalue weighted by molar-refractivity contribution is 6.09. The zero-order valence-corrected chi connectivity index (χ0v) is 31.1. The monoisotopic (exact) mass is 728 g/mol. The number of hydrogen-bond acceptors (Lipinski definition) is 2. The van der Waals surface area contributed by atoms with E-state index in [0.29, 0.717) is 0 Å². The number of hydrogen-bond donors (Lipinski definition) is 0. The van der Waals surface area contributed by atoms with E-state index in [2.05, 4.69) is 216 Å². The van der Waals surface area contributed by atoms with Crippen molar-refractivity contribution < 1.29 is 4.42 Å². The van der Waals surface area contributed by atoms with E-state index in [1.54, 1.807) is 0 Å². The molecule has 0 amide bonds. The van der Waals surface area contributed by atoms with Gasteiger partial charge in [-0.25, -0.2) is 0 Å². The van der Waals surface area contributed by atoms with E-state index < -0.39 is 0 Å². The van der Waals surface area contributed by atoms with E-state index in [0.717, 1.165) is 61.4 Å². The quantitative estimate of drug-likeness (QED) is 0.163. The summed E-state index contributed by atoms with van der Waals surface area (Å²) in [6, 6.07) is 78.2. The predicted octanol–water partition coefficient (Wildman–Crippen LogP) is 15.2. The van der Waals surface area contributed by atoms with Gasteiger partial charge >= 0.3 is 0 Å². The number of furan rings is 1. The number of rotatable bonds is 7. The summed E-state index contributed by atoms with van der Waals surface area (Å²) in [6.07, 6.45) is 0. The Bertz CT molecular complexity index is 3210. The lowest BCUT2D eigenvalue weighted by Gasteiger charge is -2.27. The second-order valence-corrected chi connectivity index (χ2v) is 14.6. The highest BCUT2D eigenvalue weighted by Crippen LogP contribution is 2.41. The molecule has 0 saturated carbocycles. The van der Waals surface area contributed by atoms with Crippen LogP contribution in [-0.2, 0) is 0 Å². The van der Waals surface area contributed by atoms with E-state index in [4.69, 9.17) is 4.42 Å². The molecule has 0 aliphatic heterocycles. The van der Waals surface area contributed by atoms with Gasteiger partial charge in [-0.3, -0.25) is 0 Å². The van der Waals surface area contributed by atoms with Crippen molar-refractivity contribution in [2.75, 3.05) is 4.90 Å². The van der Waals surface area contributed by atoms with Gasteiger partial charge in [-0.05, 0) is 112 Å². The third kappa shape index (κ3) is 5.76. The number of para-hydroxylation sites is 3. The first kappa shape index (κ1) is 32.8. The van der Waals surface area contributed by atoms with Crippen LogP contribution in [0, 0.1) is 0 Å². The highest BCUT2D eigenvalue weighted by atomic mass is 16.3. The van der Waals surface area contributed by atoms with Crippen LogP contribution >= 0.6 is 0 Å². The van der Waals surface area contributed by atoms with Gasteiger partial charge in [0.1, 0.15) is 11.2 Å². The molecule has 2 aromatic heterocycles. The Labute approximate surface area is 330 Å². The summed E-state index contributed by atoms with van der Waals surface area (Å²) in [7, 11) is 0. The number of anilines is 3. The average Bonchev–Trinajstić information content (AvgIpc) is 3.83. The van der Waals surface area contributed by atoms with Crippen LogP contribution in [0.3, 0.4) is 0 Å². The van der Waals surface area contributed by atoms with Gasteiger partial charge in [-0.15, -0.1) is 0 Å². The van der Waals surface area contributed by atoms with Gasteiger partial charge in [0.15, 0.2) is 0 Å². The minimum atomic E-state index is 0.889. The molecule has 0 aliphatic rings. The van der Waals surface area contributed by atoms with E-state index in [1.165, 1.54) is 38.5 Å². The summed E-state index contributed by atoms with van der Waals surface area (Å²) in [5, 5.41) is 4.75. The lowest BCUT2D eigenvalue weighted by atomic mass is 9.98. The van der Waals surface area contributed by atoms with Crippen molar-refractivity contribution in [3.63, 3.8) is 0 Å². The van der Waals surface area contributed by atoms with Gasteiger partial charge in [-0.1, -0.05) is 140 Å². The fraction of sp³-hybridized carbons (Fsp3) is 0. The van der Waals surface area contributed by atoms with Gasteiger partial charge in [0, 0.05) is 44.3 Å². The van der Waals surface area contributed by atoms with Crippen LogP contribution in [-0.4, -0.2) is 4.57 Å². The standard InChI is InChI=1S/C54H36N2O/c1-2-14-37(15-3-1)38-16-10-17-39(32-38)40-18-11-20-43(33-40)55(44-21-12-19-41(34-44)42-30-31-50-49-26-6-9-29-53(49)57-54(50)35-42)45-22-13-23-46(36-45)56-51-27-7-4-24-47(51)48-25-5-8-28-52(48)56/h1-36H. The number of fused-ring (bicyclic) bond motifs is 6. The van der Waals surface area contributed by atoms with E-state index in [-0.39, 0.29) is 0 Å². The van der Waals surface area contributed by atoms with Gasteiger partial charge in [0.05, 0.1) is 11.0 Å². The number of nitrogens with zero attached hydrogens (tertiary/aromatic N) is 2. The Morgan fingerprint density at radius 1 is 0.298 bits per heavy atom. The molecule has 268 valence electrons. The van der Waals surface area contributed by atoms with Crippen molar-refractivity contribution in [1.29, 1.82) is 0 Å². The summed E-state index contributed by atoms with van der Waals surface area (Å²) >= 11 is 0. The molecule has 0 fully saturated rings. The Kier molecular flexibility index (Phi) is 7.82. The molecule has 0 spiro atoms. The topological polar surface area (TPSA) is 21.3 Å². The molecule has 0 N–H and O–H groups in total. The Hall–Kier alpha value is -7.62. The predicted molar refractivity (Wildman–Crippen MR) is 239 cm³/mol. The zero-order chi connectivity index (χ0) is 37.7. The molecule has 0 bridgehead atoms. The first-order chi connectivity index (χ1) is 28.2. The molecule has 9 aromatic carbocycles. The number of benzene rings is 9. The van der Waals surface area contributed by atoms with Gasteiger partial charge in [0.25, 0.3) is 0 Å². The van der Waals surface area contributed by atoms with Crippen LogP contribution < -0.4 is 4.90 Å². The second kappa shape index (κ2) is 13.6. The normalized spacial score (nSPS) is 11.5. The van der Waals surface area contributed by atoms with Crippen LogP contribution in [0.15, 0.2) is 223 Å². The maximum atomic E-state index is 6.32. The van der Waals surface area contributed by atoms with Gasteiger partial charge < -0.3 is 13.9 Å². The SMILES string of the molecule is c1ccc(-c2cccc(-c3cccc(N(c4cccc(-c5ccc6c(c5)oc5ccccc56)c4)c4cccc(-n5c6ccccc6c6ccccc65)c4)c3)c2)cc1. The lowest BCUT2D eigenvalue weighted by molar-refractivity contribution is 0.669. The van der Waals surface area contributed by atoms with Gasteiger partial charge in [-0.2, -0.15) is 0 Å². The summed E-state index contributed by atoms with van der Waals surface area (Å²) < 4.78 is 8.71. The van der Waals surface area contributed by atoms with E-state index >= 15 is 0 Å². The molecule has 2 heterocycles. The molecule has 3 nitrogen and oxygen atoms in total. The Balaban J connectivity index is 1.07. The average molecular weight is 729 g/mol. The molecule has 3 heteroatoms. The van der Waals surface area contributed by atoms with Crippen LogP contribution in [0.25, 0.3) is 82.8 Å². The molecular weight excluding hydrogens is 693 g/mol. The molecule has 11 rings (SSSR count). The molecule has 11 aromatic rings. The third-order valence-electron chi connectivity index (χ3n) is 11.2. The van der Waals surface area contributed by atoms with E-state index in [9.17, 15) is 0 Å². The van der Waals surface area contributed by atoms with Gasteiger partial charge in [0.2, 0.25) is 0 Å². The smallest absolute Gasteiger partial charge is 0.136 e. The van der Waals surface area contributed by atoms with E-state index in [1.807, 2.05) is 12.1 Å². The van der Waals surface area contributed by atoms with Crippen LogP contribution in [0.5, 0.6) is 0 Å². The fourth-order valence-electron chi connectivity index (χ4n) is 8.48. The summed E-state index contributed by atoms with van der Waals surface area (Å²) in [5.41, 5.74) is 15.4. The Morgan fingerprint density at radius 3 is 1.46 bits per heavy atom. The highest BCUT2D eigenvalue weighted by Gasteiger charge is 2.18. The fourth-order valence-corrected chi connectivity index (χ4v) is 8.48. The first-order valence-electron chi connectivity index (χ1n) is 19.4. The third-order valence-corrected chi connectivity index (χ3v) is 11.2. The first-order valence-corrected chi connectivity index (χ1v) is 19.4. The van der Waals surface area contributed by atoms with Crippen LogP contribution in [0.2, 0.25) is 0 Å². The van der Waals surface area contributed by atoms with Crippen molar-refractivity contribution in [2.24, 2.45) is 0 Å². The molecular formula is C54H36N2O. The number of aromatic nitrogens is 1. The van der Waals surface area contributed by atoms with Crippen LogP contribution in [0.4, 0.5) is 17.1 Å². The zero-order valence-electron chi connectivity index (χ0n) is 31.1. The molecule has 57 heavy (non-hydrogen) atoms. The minimum absolute atomic E-state index is 0.889. The summed E-state index contributed by atoms with van der Waals surface area (Å²) in [6.45, 7) is 0. The van der Waals surface area contributed by atoms with Crippen molar-refractivity contribution in [2.45, 2.75) is 0 Å². The summed E-state index contributed by atoms with van der Waals surface area (Å²) in [4.78, 5) is 2.38. The summed E-state index contributed by atoms with van der Waals surface area (Å²) in [5.74, 6) is 0. The van der Waals surface area contributed by atoms with Crippen LogP contribution in [0.1, 0.15) is 0 Å². The van der Waals surface area contributed by atoms with Crippen molar-refractivity contribution in [1.82, 2.24) is 4.57 Å². The van der Waals surface area contributed by atoms with Crippen molar-refractivity contribution >= 4 is 60.8 Å². The Morgan fingerprint density at radius 2 is 0.772 bits per heavy atom. The maximum Gasteiger partial charge on any atom is 0.136 e. The van der Waals surface area contributed by atoms with Crippen molar-refractivity contribution in [3.8, 4) is 39.1 Å². The largest absolute Gasteiger partial charge is 0.456 e. The molecule has 0 saturated heterocycles. The molecule has 0 atom stereocenters. The van der Waals surface area contributed by atoms with Crippen molar-refractivity contribution in [3.05, 3.63) is 218 Å². The molecule has 0 unspecified atom stereocenters. The lowest BCUT2D eigenvalue weighted by Crippen LogP contribution is -2.11. The maximum absolute atomic E-state index is 6.32. The molecule has 0 aliphatic carbocycles. The molecule has 0 radical (unpaired) electrons.